The highest BCUT2D eigenvalue weighted by Crippen LogP contribution is 2.29. The molecule has 0 amide bonds. The zero-order chi connectivity index (χ0) is 18.8. The molecule has 0 spiro atoms. The van der Waals surface area contributed by atoms with E-state index in [1.165, 1.54) is 16.3 Å². The van der Waals surface area contributed by atoms with E-state index in [0.29, 0.717) is 12.5 Å². The molecule has 4 heteroatoms. The zero-order valence-electron chi connectivity index (χ0n) is 16.0. The van der Waals surface area contributed by atoms with Crippen molar-refractivity contribution in [1.82, 2.24) is 15.3 Å². The molecule has 0 fully saturated rings. The Morgan fingerprint density at radius 3 is 2.56 bits per heavy atom. The predicted octanol–water partition coefficient (Wildman–Crippen LogP) is 5.21. The summed E-state index contributed by atoms with van der Waals surface area (Å²) in [5.74, 6) is 2.28. The van der Waals surface area contributed by atoms with Crippen molar-refractivity contribution in [3.05, 3.63) is 72.1 Å². The molecule has 4 rings (SSSR count). The van der Waals surface area contributed by atoms with E-state index in [9.17, 15) is 0 Å². The van der Waals surface area contributed by atoms with E-state index < -0.39 is 0 Å². The van der Waals surface area contributed by atoms with E-state index in [2.05, 4.69) is 60.5 Å². The summed E-state index contributed by atoms with van der Waals surface area (Å²) in [7, 11) is 1.73. The lowest BCUT2D eigenvalue weighted by Crippen LogP contribution is -2.26. The van der Waals surface area contributed by atoms with Gasteiger partial charge in [0.1, 0.15) is 11.6 Å². The van der Waals surface area contributed by atoms with Crippen molar-refractivity contribution >= 4 is 21.8 Å². The standard InChI is InChI=1S/C23H25N3O/c1-15(2)22(23-25-19-10-6-7-11-20(19)26-23)24-14-18-17-9-5-4-8-16(17)12-13-21(18)27-3/h4-13,15,22,24H,14H2,1-3H3,(H,25,26)/t22-/m0/s1. The van der Waals surface area contributed by atoms with E-state index in [-0.39, 0.29) is 6.04 Å². The van der Waals surface area contributed by atoms with Crippen LogP contribution in [0.15, 0.2) is 60.7 Å². The minimum Gasteiger partial charge on any atom is -0.496 e. The third-order valence-electron chi connectivity index (χ3n) is 5.09. The van der Waals surface area contributed by atoms with E-state index >= 15 is 0 Å². The van der Waals surface area contributed by atoms with Gasteiger partial charge in [0.2, 0.25) is 0 Å². The summed E-state index contributed by atoms with van der Waals surface area (Å²) in [6, 6.07) is 20.9. The molecule has 138 valence electrons. The Morgan fingerprint density at radius 1 is 1.00 bits per heavy atom. The van der Waals surface area contributed by atoms with Crippen LogP contribution in [-0.2, 0) is 6.54 Å². The number of nitrogens with zero attached hydrogens (tertiary/aromatic N) is 1. The van der Waals surface area contributed by atoms with Crippen LogP contribution in [0.25, 0.3) is 21.8 Å². The van der Waals surface area contributed by atoms with Crippen LogP contribution in [0.1, 0.15) is 31.3 Å². The number of methoxy groups -OCH3 is 1. The number of hydrogen-bond acceptors (Lipinski definition) is 3. The van der Waals surface area contributed by atoms with Gasteiger partial charge in [0.05, 0.1) is 24.2 Å². The van der Waals surface area contributed by atoms with E-state index in [1.54, 1.807) is 7.11 Å². The van der Waals surface area contributed by atoms with Crippen LogP contribution in [0.2, 0.25) is 0 Å². The molecule has 27 heavy (non-hydrogen) atoms. The van der Waals surface area contributed by atoms with Crippen LogP contribution in [-0.4, -0.2) is 17.1 Å². The molecule has 0 unspecified atom stereocenters. The van der Waals surface area contributed by atoms with Gasteiger partial charge in [-0.3, -0.25) is 0 Å². The van der Waals surface area contributed by atoms with E-state index in [1.807, 2.05) is 24.3 Å². The number of H-pyrrole nitrogens is 1. The third-order valence-corrected chi connectivity index (χ3v) is 5.09. The first kappa shape index (κ1) is 17.6. The van der Waals surface area contributed by atoms with Crippen LogP contribution < -0.4 is 10.1 Å². The number of para-hydroxylation sites is 2. The average Bonchev–Trinajstić information content (AvgIpc) is 3.11. The SMILES string of the molecule is COc1ccc2ccccc2c1CN[C@H](c1nc2ccccc2[nH]1)C(C)C. The van der Waals surface area contributed by atoms with E-state index in [0.717, 1.165) is 22.6 Å². The maximum absolute atomic E-state index is 5.64. The van der Waals surface area contributed by atoms with Crippen molar-refractivity contribution in [2.24, 2.45) is 5.92 Å². The third kappa shape index (κ3) is 3.40. The summed E-state index contributed by atoms with van der Waals surface area (Å²) >= 11 is 0. The predicted molar refractivity (Wildman–Crippen MR) is 111 cm³/mol. The van der Waals surface area contributed by atoms with Gasteiger partial charge in [-0.25, -0.2) is 4.98 Å². The van der Waals surface area contributed by atoms with Crippen LogP contribution in [0, 0.1) is 5.92 Å². The van der Waals surface area contributed by atoms with Crippen LogP contribution in [0.4, 0.5) is 0 Å². The number of fused-ring (bicyclic) bond motifs is 2. The molecule has 0 aliphatic heterocycles. The number of aromatic nitrogens is 2. The molecule has 0 aliphatic carbocycles. The Morgan fingerprint density at radius 2 is 1.78 bits per heavy atom. The molecule has 4 nitrogen and oxygen atoms in total. The van der Waals surface area contributed by atoms with Crippen molar-refractivity contribution in [3.63, 3.8) is 0 Å². The number of aromatic amines is 1. The minimum atomic E-state index is 0.126. The molecule has 0 saturated carbocycles. The monoisotopic (exact) mass is 359 g/mol. The normalized spacial score (nSPS) is 12.7. The van der Waals surface area contributed by atoms with Crippen molar-refractivity contribution in [3.8, 4) is 5.75 Å². The Hall–Kier alpha value is -2.85. The maximum atomic E-state index is 5.64. The molecule has 1 atom stereocenters. The van der Waals surface area contributed by atoms with Gasteiger partial charge in [-0.15, -0.1) is 0 Å². The number of ether oxygens (including phenoxy) is 1. The number of rotatable bonds is 6. The quantitative estimate of drug-likeness (QED) is 0.497. The first-order valence-corrected chi connectivity index (χ1v) is 9.40. The fraction of sp³-hybridized carbons (Fsp3) is 0.261. The Bertz CT molecular complexity index is 1030. The van der Waals surface area contributed by atoms with Crippen LogP contribution in [0.3, 0.4) is 0 Å². The van der Waals surface area contributed by atoms with Crippen LogP contribution >= 0.6 is 0 Å². The number of nitrogens with one attached hydrogen (secondary N) is 2. The van der Waals surface area contributed by atoms with Gasteiger partial charge in [0, 0.05) is 12.1 Å². The second kappa shape index (κ2) is 7.41. The van der Waals surface area contributed by atoms with Crippen molar-refractivity contribution in [1.29, 1.82) is 0 Å². The summed E-state index contributed by atoms with van der Waals surface area (Å²) in [4.78, 5) is 8.28. The smallest absolute Gasteiger partial charge is 0.124 e. The molecule has 0 saturated heterocycles. The van der Waals surface area contributed by atoms with Gasteiger partial charge in [0.25, 0.3) is 0 Å². The maximum Gasteiger partial charge on any atom is 0.124 e. The number of benzene rings is 3. The van der Waals surface area contributed by atoms with Gasteiger partial charge in [-0.1, -0.05) is 56.3 Å². The van der Waals surface area contributed by atoms with Gasteiger partial charge in [0.15, 0.2) is 0 Å². The van der Waals surface area contributed by atoms with Crippen molar-refractivity contribution in [2.75, 3.05) is 7.11 Å². The average molecular weight is 359 g/mol. The summed E-state index contributed by atoms with van der Waals surface area (Å²) in [5, 5.41) is 6.15. The largest absolute Gasteiger partial charge is 0.496 e. The molecule has 0 bridgehead atoms. The topological polar surface area (TPSA) is 49.9 Å². The molecular formula is C23H25N3O. The van der Waals surface area contributed by atoms with Crippen molar-refractivity contribution < 1.29 is 4.74 Å². The second-order valence-corrected chi connectivity index (χ2v) is 7.21. The van der Waals surface area contributed by atoms with Gasteiger partial charge >= 0.3 is 0 Å². The zero-order valence-corrected chi connectivity index (χ0v) is 16.0. The lowest BCUT2D eigenvalue weighted by atomic mass is 10.0. The highest BCUT2D eigenvalue weighted by Gasteiger charge is 2.20. The number of imidazole rings is 1. The molecule has 2 N–H and O–H groups in total. The lowest BCUT2D eigenvalue weighted by molar-refractivity contribution is 0.382. The Kier molecular flexibility index (Phi) is 4.82. The van der Waals surface area contributed by atoms with Gasteiger partial charge in [-0.2, -0.15) is 0 Å². The summed E-state index contributed by atoms with van der Waals surface area (Å²) in [6.45, 7) is 5.14. The second-order valence-electron chi connectivity index (χ2n) is 7.21. The molecule has 0 aliphatic rings. The van der Waals surface area contributed by atoms with Crippen LogP contribution in [0.5, 0.6) is 5.75 Å². The first-order chi connectivity index (χ1) is 13.2. The fourth-order valence-corrected chi connectivity index (χ4v) is 3.67. The number of hydrogen-bond donors (Lipinski definition) is 2. The first-order valence-electron chi connectivity index (χ1n) is 9.40. The van der Waals surface area contributed by atoms with Crippen molar-refractivity contribution in [2.45, 2.75) is 26.4 Å². The molecule has 4 aromatic rings. The summed E-state index contributed by atoms with van der Waals surface area (Å²) < 4.78 is 5.64. The molecule has 0 radical (unpaired) electrons. The fourth-order valence-electron chi connectivity index (χ4n) is 3.67. The minimum absolute atomic E-state index is 0.126. The Labute approximate surface area is 159 Å². The summed E-state index contributed by atoms with van der Waals surface area (Å²) in [5.41, 5.74) is 3.25. The Balaban J connectivity index is 1.67. The highest BCUT2D eigenvalue weighted by molar-refractivity contribution is 5.87. The lowest BCUT2D eigenvalue weighted by Gasteiger charge is -2.22. The van der Waals surface area contributed by atoms with Gasteiger partial charge in [-0.05, 0) is 34.9 Å². The molecule has 3 aromatic carbocycles. The molecule has 1 aromatic heterocycles. The highest BCUT2D eigenvalue weighted by atomic mass is 16.5. The molecule has 1 heterocycles. The van der Waals surface area contributed by atoms with Gasteiger partial charge < -0.3 is 15.0 Å². The summed E-state index contributed by atoms with van der Waals surface area (Å²) in [6.07, 6.45) is 0. The van der Waals surface area contributed by atoms with E-state index in [4.69, 9.17) is 9.72 Å². The molecular weight excluding hydrogens is 334 g/mol.